The first-order valence-electron chi connectivity index (χ1n) is 11.6. The van der Waals surface area contributed by atoms with E-state index in [1.807, 2.05) is 11.1 Å². The van der Waals surface area contributed by atoms with Gasteiger partial charge in [0.15, 0.2) is 11.5 Å². The van der Waals surface area contributed by atoms with Crippen molar-refractivity contribution < 1.29 is 18.7 Å². The number of H-pyrrole nitrogens is 1. The minimum Gasteiger partial charge on any atom is -0.452 e. The predicted octanol–water partition coefficient (Wildman–Crippen LogP) is 5.18. The van der Waals surface area contributed by atoms with Gasteiger partial charge in [0, 0.05) is 25.8 Å². The largest absolute Gasteiger partial charge is 0.452 e. The van der Waals surface area contributed by atoms with Crippen LogP contribution in [0, 0.1) is 0 Å². The lowest BCUT2D eigenvalue weighted by Gasteiger charge is -2.26. The van der Waals surface area contributed by atoms with Crippen LogP contribution in [0.3, 0.4) is 0 Å². The molecule has 0 spiro atoms. The number of aromatic amines is 1. The Labute approximate surface area is 206 Å². The molecular formula is C23H28FIN6O3. The Morgan fingerprint density at radius 3 is 2.91 bits per heavy atom. The predicted molar refractivity (Wildman–Crippen MR) is 137 cm³/mol. The number of imidazole rings is 1. The zero-order valence-corrected chi connectivity index (χ0v) is 21.0. The fourth-order valence-corrected chi connectivity index (χ4v) is 4.81. The number of urea groups is 1. The van der Waals surface area contributed by atoms with Gasteiger partial charge in [0.05, 0.1) is 22.9 Å². The van der Waals surface area contributed by atoms with E-state index in [-0.39, 0.29) is 12.3 Å². The van der Waals surface area contributed by atoms with Crippen molar-refractivity contribution in [1.29, 1.82) is 0 Å². The van der Waals surface area contributed by atoms with Crippen LogP contribution in [0.2, 0.25) is 0 Å². The zero-order valence-electron chi connectivity index (χ0n) is 18.8. The van der Waals surface area contributed by atoms with Gasteiger partial charge in [-0.3, -0.25) is 0 Å². The van der Waals surface area contributed by atoms with E-state index < -0.39 is 25.1 Å². The number of carbonyl (C=O) groups is 1. The number of carbonyl (C=O) groups excluding carboxylic acids is 1. The molecular weight excluding hydrogens is 554 g/mol. The maximum Gasteiger partial charge on any atom is 0.321 e. The summed E-state index contributed by atoms with van der Waals surface area (Å²) in [5, 5.41) is 7.79. The van der Waals surface area contributed by atoms with Crippen LogP contribution in [0.1, 0.15) is 44.8 Å². The van der Waals surface area contributed by atoms with Gasteiger partial charge in [-0.1, -0.05) is 4.51 Å². The third-order valence-corrected chi connectivity index (χ3v) is 7.04. The van der Waals surface area contributed by atoms with Crippen molar-refractivity contribution in [1.82, 2.24) is 24.6 Å². The number of hydrogen-bond acceptors (Lipinski definition) is 5. The number of alkyl halides is 2. The van der Waals surface area contributed by atoms with Crippen molar-refractivity contribution in [2.24, 2.45) is 0 Å². The van der Waals surface area contributed by atoms with Gasteiger partial charge in [0.2, 0.25) is 0 Å². The molecule has 9 nitrogen and oxygen atoms in total. The third-order valence-electron chi connectivity index (χ3n) is 6.09. The molecule has 1 aromatic carbocycles. The van der Waals surface area contributed by atoms with Gasteiger partial charge in [-0.15, -0.1) is 0 Å². The maximum atomic E-state index is 13.7. The van der Waals surface area contributed by atoms with E-state index in [2.05, 4.69) is 19.8 Å². The summed E-state index contributed by atoms with van der Waals surface area (Å²) in [6.45, 7) is 2.19. The fourth-order valence-electron chi connectivity index (χ4n) is 4.34. The lowest BCUT2D eigenvalue weighted by Crippen LogP contribution is -2.38. The number of benzene rings is 1. The monoisotopic (exact) mass is 582 g/mol. The fraction of sp³-hybridized carbons (Fsp3) is 0.478. The molecule has 0 radical (unpaired) electrons. The Bertz CT molecular complexity index is 1170. The number of anilines is 1. The van der Waals surface area contributed by atoms with Crippen LogP contribution in [-0.2, 0) is 4.74 Å². The summed E-state index contributed by atoms with van der Waals surface area (Å²) in [6.07, 6.45) is 7.78. The summed E-state index contributed by atoms with van der Waals surface area (Å²) in [7, 11) is 0. The number of likely N-dealkylation sites (tertiary alicyclic amines) is 1. The highest BCUT2D eigenvalue weighted by Gasteiger charge is 2.24. The van der Waals surface area contributed by atoms with Crippen molar-refractivity contribution in [3.05, 3.63) is 24.4 Å². The van der Waals surface area contributed by atoms with Crippen LogP contribution in [-0.4, -0.2) is 59.3 Å². The van der Waals surface area contributed by atoms with Crippen molar-refractivity contribution in [3.8, 4) is 17.3 Å². The molecule has 2 aliphatic rings. The van der Waals surface area contributed by atoms with Gasteiger partial charge in [0.1, 0.15) is 12.0 Å². The van der Waals surface area contributed by atoms with Crippen LogP contribution < -0.4 is 10.1 Å². The Hall–Kier alpha value is -2.54. The Kier molecular flexibility index (Phi) is 7.09. The average molecular weight is 582 g/mol. The summed E-state index contributed by atoms with van der Waals surface area (Å²) < 4.78 is 28.9. The molecule has 5 rings (SSSR count). The maximum absolute atomic E-state index is 13.7. The van der Waals surface area contributed by atoms with E-state index in [0.717, 1.165) is 51.6 Å². The number of ether oxygens (including phenoxy) is 2. The summed E-state index contributed by atoms with van der Waals surface area (Å²) >= 11 is -0.914. The molecule has 2 unspecified atom stereocenters. The highest BCUT2D eigenvalue weighted by atomic mass is 127. The molecule has 2 aromatic heterocycles. The lowest BCUT2D eigenvalue weighted by atomic mass is 10.1. The topological polar surface area (TPSA) is 97.3 Å². The van der Waals surface area contributed by atoms with Crippen LogP contribution in [0.25, 0.3) is 22.6 Å². The molecule has 34 heavy (non-hydrogen) atoms. The van der Waals surface area contributed by atoms with Crippen molar-refractivity contribution in [3.63, 3.8) is 0 Å². The van der Waals surface area contributed by atoms with Crippen molar-refractivity contribution in [2.45, 2.75) is 49.1 Å². The van der Waals surface area contributed by atoms with Gasteiger partial charge in [0.25, 0.3) is 4.36 Å². The number of hydrogen-bond donors (Lipinski definition) is 2. The number of nitrogens with one attached hydrogen (secondary N) is 2. The molecule has 0 aliphatic carbocycles. The van der Waals surface area contributed by atoms with E-state index in [4.69, 9.17) is 14.6 Å². The smallest absolute Gasteiger partial charge is 0.321 e. The summed E-state index contributed by atoms with van der Waals surface area (Å²) in [4.78, 5) is 22.7. The van der Waals surface area contributed by atoms with Crippen LogP contribution in [0.5, 0.6) is 5.75 Å². The third kappa shape index (κ3) is 5.09. The average Bonchev–Trinajstić information content (AvgIpc) is 3.49. The van der Waals surface area contributed by atoms with Gasteiger partial charge >= 0.3 is 6.03 Å². The Morgan fingerprint density at radius 1 is 1.29 bits per heavy atom. The molecule has 2 saturated heterocycles. The highest BCUT2D eigenvalue weighted by molar-refractivity contribution is 14.2. The second-order valence-electron chi connectivity index (χ2n) is 8.47. The van der Waals surface area contributed by atoms with Gasteiger partial charge in [-0.25, -0.2) is 14.5 Å². The summed E-state index contributed by atoms with van der Waals surface area (Å²) in [6, 6.07) is 5.03. The van der Waals surface area contributed by atoms with E-state index in [9.17, 15) is 9.18 Å². The van der Waals surface area contributed by atoms with Gasteiger partial charge in [-0.05, 0) is 71.4 Å². The normalized spacial score (nSPS) is 19.8. The minimum absolute atomic E-state index is 0.137. The molecule has 3 aromatic rings. The molecule has 11 heteroatoms. The number of amides is 2. The zero-order chi connectivity index (χ0) is 23.5. The van der Waals surface area contributed by atoms with Crippen molar-refractivity contribution >= 4 is 48.0 Å². The molecule has 182 valence electrons. The summed E-state index contributed by atoms with van der Waals surface area (Å²) in [5.74, 6) is 0.926. The number of fused-ring (bicyclic) bond motifs is 1. The molecule has 2 aliphatic heterocycles. The number of piperidine rings is 1. The van der Waals surface area contributed by atoms with E-state index in [1.165, 1.54) is 0 Å². The molecule has 0 bridgehead atoms. The second-order valence-corrected chi connectivity index (χ2v) is 10.3. The van der Waals surface area contributed by atoms with Crippen LogP contribution in [0.4, 0.5) is 14.9 Å². The Morgan fingerprint density at radius 2 is 2.15 bits per heavy atom. The van der Waals surface area contributed by atoms with Crippen molar-refractivity contribution in [2.75, 3.05) is 25.0 Å². The highest BCUT2D eigenvalue weighted by Crippen LogP contribution is 2.32. The minimum atomic E-state index is -1.36. The first-order valence-corrected chi connectivity index (χ1v) is 14.3. The van der Waals surface area contributed by atoms with E-state index in [0.29, 0.717) is 40.6 Å². The quantitative estimate of drug-likeness (QED) is 0.309. The van der Waals surface area contributed by atoms with Crippen LogP contribution in [0.15, 0.2) is 24.4 Å². The standard InChI is InChI=1S/C23H28FIN6O3/c1-25-22(24)34-15-8-9-16-17(13-15)27-21(26-16)20-18(28-23(32)30-10-4-2-5-11-30)14-31(29-20)19-7-3-6-12-33-19/h8-9,13-14,19,22H,1-7,10-12H2,(H,26,27)(H,28,32). The SMILES string of the molecule is C=IC(F)Oc1ccc2nc(-c3nn(C4CCCCO4)cc3NC(=O)N3CCCCC3)[nH]c2c1. The number of rotatable bonds is 6. The molecule has 2 N–H and O–H groups in total. The molecule has 4 heterocycles. The molecule has 0 saturated carbocycles. The molecule has 2 atom stereocenters. The summed E-state index contributed by atoms with van der Waals surface area (Å²) in [5.41, 5.74) is 2.49. The number of nitrogens with zero attached hydrogens (tertiary/aromatic N) is 4. The van der Waals surface area contributed by atoms with Crippen LogP contribution >= 0.6 is 20.7 Å². The van der Waals surface area contributed by atoms with Gasteiger partial charge < -0.3 is 24.7 Å². The lowest BCUT2D eigenvalue weighted by molar-refractivity contribution is -0.0393. The van der Waals surface area contributed by atoms with E-state index >= 15 is 0 Å². The van der Waals surface area contributed by atoms with Gasteiger partial charge in [-0.2, -0.15) is 9.49 Å². The second kappa shape index (κ2) is 10.4. The number of halogens is 2. The molecule has 2 fully saturated rings. The first-order chi connectivity index (χ1) is 16.6. The first kappa shape index (κ1) is 23.2. The van der Waals surface area contributed by atoms with E-state index in [1.54, 1.807) is 22.9 Å². The molecule has 2 amide bonds. The Balaban J connectivity index is 1.46. The number of aromatic nitrogens is 4.